The quantitative estimate of drug-likeness (QED) is 0.735. The summed E-state index contributed by atoms with van der Waals surface area (Å²) in [6, 6.07) is 4.15. The van der Waals surface area contributed by atoms with Crippen LogP contribution < -0.4 is 4.90 Å². The van der Waals surface area contributed by atoms with E-state index in [-0.39, 0.29) is 0 Å². The van der Waals surface area contributed by atoms with Crippen molar-refractivity contribution in [3.05, 3.63) is 23.9 Å². The number of hydrogen-bond donors (Lipinski definition) is 0. The molecule has 0 N–H and O–H groups in total. The van der Waals surface area contributed by atoms with E-state index in [1.54, 1.807) is 0 Å². The molecule has 1 aliphatic rings. The molecular formula is C13H19ClN2. The smallest absolute Gasteiger partial charge is 0.128 e. The van der Waals surface area contributed by atoms with Gasteiger partial charge in [-0.1, -0.05) is 19.9 Å². The molecule has 88 valence electrons. The van der Waals surface area contributed by atoms with Gasteiger partial charge < -0.3 is 4.90 Å². The minimum Gasteiger partial charge on any atom is -0.356 e. The van der Waals surface area contributed by atoms with Gasteiger partial charge in [-0.3, -0.25) is 0 Å². The Kier molecular flexibility index (Phi) is 3.70. The molecule has 0 saturated carbocycles. The monoisotopic (exact) mass is 238 g/mol. The van der Waals surface area contributed by atoms with Crippen molar-refractivity contribution in [1.82, 2.24) is 4.98 Å². The van der Waals surface area contributed by atoms with Crippen LogP contribution in [0.4, 0.5) is 5.82 Å². The third kappa shape index (κ3) is 2.49. The minimum atomic E-state index is 0.542. The largest absolute Gasteiger partial charge is 0.356 e. The van der Waals surface area contributed by atoms with Crippen LogP contribution in [0.2, 0.25) is 0 Å². The number of nitrogens with zero attached hydrogens (tertiary/aromatic N) is 2. The number of rotatable bonds is 2. The molecule has 3 heteroatoms. The summed E-state index contributed by atoms with van der Waals surface area (Å²) in [6.45, 7) is 6.91. The molecule has 2 heterocycles. The number of anilines is 1. The number of halogens is 1. The number of piperidine rings is 1. The predicted molar refractivity (Wildman–Crippen MR) is 69.0 cm³/mol. The third-order valence-electron chi connectivity index (χ3n) is 3.62. The van der Waals surface area contributed by atoms with Crippen LogP contribution in [0.15, 0.2) is 18.3 Å². The Morgan fingerprint density at radius 3 is 2.75 bits per heavy atom. The van der Waals surface area contributed by atoms with E-state index in [9.17, 15) is 0 Å². The number of pyridine rings is 1. The van der Waals surface area contributed by atoms with Crippen LogP contribution in [0.25, 0.3) is 0 Å². The van der Waals surface area contributed by atoms with Crippen molar-refractivity contribution in [2.75, 3.05) is 18.0 Å². The van der Waals surface area contributed by atoms with E-state index in [0.717, 1.165) is 36.3 Å². The Morgan fingerprint density at radius 1 is 1.38 bits per heavy atom. The number of alkyl halides is 1. The van der Waals surface area contributed by atoms with Crippen molar-refractivity contribution in [3.63, 3.8) is 0 Å². The lowest BCUT2D eigenvalue weighted by atomic mass is 9.89. The standard InChI is InChI=1S/C13H19ClN2/c1-10-5-6-16(9-11(10)2)13-4-3-12(7-14)8-15-13/h3-4,8,10-11H,5-7,9H2,1-2H3. The summed E-state index contributed by atoms with van der Waals surface area (Å²) in [6.07, 6.45) is 3.14. The molecule has 1 fully saturated rings. The van der Waals surface area contributed by atoms with E-state index in [4.69, 9.17) is 11.6 Å². The van der Waals surface area contributed by atoms with Crippen LogP contribution >= 0.6 is 11.6 Å². The Balaban J connectivity index is 2.06. The van der Waals surface area contributed by atoms with Gasteiger partial charge in [-0.25, -0.2) is 4.98 Å². The maximum absolute atomic E-state index is 5.75. The highest BCUT2D eigenvalue weighted by molar-refractivity contribution is 6.17. The van der Waals surface area contributed by atoms with Gasteiger partial charge in [0.15, 0.2) is 0 Å². The molecule has 0 radical (unpaired) electrons. The second kappa shape index (κ2) is 5.05. The maximum Gasteiger partial charge on any atom is 0.128 e. The Morgan fingerprint density at radius 2 is 2.19 bits per heavy atom. The first-order chi connectivity index (χ1) is 7.70. The zero-order chi connectivity index (χ0) is 11.5. The summed E-state index contributed by atoms with van der Waals surface area (Å²) in [5, 5.41) is 0. The highest BCUT2D eigenvalue weighted by Gasteiger charge is 2.23. The first-order valence-corrected chi connectivity index (χ1v) is 6.50. The molecule has 1 aromatic rings. The first kappa shape index (κ1) is 11.7. The molecule has 0 aliphatic carbocycles. The Bertz CT molecular complexity index is 336. The van der Waals surface area contributed by atoms with Crippen molar-refractivity contribution >= 4 is 17.4 Å². The normalized spacial score (nSPS) is 25.8. The van der Waals surface area contributed by atoms with Crippen LogP contribution in [-0.4, -0.2) is 18.1 Å². The molecular weight excluding hydrogens is 220 g/mol. The predicted octanol–water partition coefficient (Wildman–Crippen LogP) is 3.30. The summed E-state index contributed by atoms with van der Waals surface area (Å²) in [5.74, 6) is 3.22. The van der Waals surface area contributed by atoms with E-state index < -0.39 is 0 Å². The van der Waals surface area contributed by atoms with E-state index in [2.05, 4.69) is 35.9 Å². The molecule has 1 aromatic heterocycles. The lowest BCUT2D eigenvalue weighted by Gasteiger charge is -2.36. The third-order valence-corrected chi connectivity index (χ3v) is 3.93. The zero-order valence-corrected chi connectivity index (χ0v) is 10.7. The van der Waals surface area contributed by atoms with Crippen molar-refractivity contribution in [3.8, 4) is 0 Å². The van der Waals surface area contributed by atoms with E-state index in [1.807, 2.05) is 6.20 Å². The van der Waals surface area contributed by atoms with Gasteiger partial charge in [0.1, 0.15) is 5.82 Å². The average Bonchev–Trinajstić information content (AvgIpc) is 2.33. The molecule has 1 saturated heterocycles. The lowest BCUT2D eigenvalue weighted by molar-refractivity contribution is 0.323. The summed E-state index contributed by atoms with van der Waals surface area (Å²) in [5.41, 5.74) is 1.09. The highest BCUT2D eigenvalue weighted by Crippen LogP contribution is 2.25. The van der Waals surface area contributed by atoms with Crippen LogP contribution in [0.5, 0.6) is 0 Å². The molecule has 2 rings (SSSR count). The first-order valence-electron chi connectivity index (χ1n) is 5.96. The maximum atomic E-state index is 5.75. The van der Waals surface area contributed by atoms with E-state index in [1.165, 1.54) is 6.42 Å². The molecule has 0 aromatic carbocycles. The topological polar surface area (TPSA) is 16.1 Å². The molecule has 0 amide bonds. The zero-order valence-electron chi connectivity index (χ0n) is 9.99. The van der Waals surface area contributed by atoms with E-state index in [0.29, 0.717) is 5.88 Å². The van der Waals surface area contributed by atoms with Gasteiger partial charge >= 0.3 is 0 Å². The van der Waals surface area contributed by atoms with E-state index >= 15 is 0 Å². The molecule has 2 nitrogen and oxygen atoms in total. The van der Waals surface area contributed by atoms with Gasteiger partial charge in [-0.2, -0.15) is 0 Å². The van der Waals surface area contributed by atoms with Crippen molar-refractivity contribution in [2.45, 2.75) is 26.1 Å². The van der Waals surface area contributed by atoms with Gasteiger partial charge in [0.2, 0.25) is 0 Å². The van der Waals surface area contributed by atoms with Gasteiger partial charge in [-0.15, -0.1) is 11.6 Å². The molecule has 16 heavy (non-hydrogen) atoms. The average molecular weight is 239 g/mol. The SMILES string of the molecule is CC1CCN(c2ccc(CCl)cn2)CC1C. The Hall–Kier alpha value is -0.760. The molecule has 0 bridgehead atoms. The fourth-order valence-electron chi connectivity index (χ4n) is 2.15. The Labute approximate surface area is 103 Å². The molecule has 0 spiro atoms. The summed E-state index contributed by atoms with van der Waals surface area (Å²) >= 11 is 5.75. The summed E-state index contributed by atoms with van der Waals surface area (Å²) in [7, 11) is 0. The van der Waals surface area contributed by atoms with Crippen molar-refractivity contribution < 1.29 is 0 Å². The molecule has 1 aliphatic heterocycles. The van der Waals surface area contributed by atoms with Gasteiger partial charge in [0, 0.05) is 25.2 Å². The number of hydrogen-bond acceptors (Lipinski definition) is 2. The summed E-state index contributed by atoms with van der Waals surface area (Å²) < 4.78 is 0. The van der Waals surface area contributed by atoms with Crippen LogP contribution in [0.3, 0.4) is 0 Å². The summed E-state index contributed by atoms with van der Waals surface area (Å²) in [4.78, 5) is 6.85. The second-order valence-electron chi connectivity index (χ2n) is 4.85. The van der Waals surface area contributed by atoms with Crippen LogP contribution in [0.1, 0.15) is 25.8 Å². The van der Waals surface area contributed by atoms with Crippen molar-refractivity contribution in [1.29, 1.82) is 0 Å². The van der Waals surface area contributed by atoms with Crippen LogP contribution in [-0.2, 0) is 5.88 Å². The molecule has 2 atom stereocenters. The van der Waals surface area contributed by atoms with Gasteiger partial charge in [-0.05, 0) is 29.9 Å². The van der Waals surface area contributed by atoms with Crippen molar-refractivity contribution in [2.24, 2.45) is 11.8 Å². The lowest BCUT2D eigenvalue weighted by Crippen LogP contribution is -2.38. The number of aromatic nitrogens is 1. The minimum absolute atomic E-state index is 0.542. The fraction of sp³-hybridized carbons (Fsp3) is 0.615. The van der Waals surface area contributed by atoms with Gasteiger partial charge in [0.25, 0.3) is 0 Å². The molecule has 2 unspecified atom stereocenters. The second-order valence-corrected chi connectivity index (χ2v) is 5.11. The highest BCUT2D eigenvalue weighted by atomic mass is 35.5. The van der Waals surface area contributed by atoms with Crippen LogP contribution in [0, 0.1) is 11.8 Å². The van der Waals surface area contributed by atoms with Gasteiger partial charge in [0.05, 0.1) is 0 Å². The fourth-order valence-corrected chi connectivity index (χ4v) is 2.31.